The molecule has 7 nitrogen and oxygen atoms in total. The van der Waals surface area contributed by atoms with Crippen molar-refractivity contribution in [2.45, 2.75) is 44.8 Å². The molecule has 122 valence electrons. The van der Waals surface area contributed by atoms with Crippen LogP contribution >= 0.6 is 0 Å². The van der Waals surface area contributed by atoms with Gasteiger partial charge in [-0.1, -0.05) is 6.92 Å². The third-order valence-electron chi connectivity index (χ3n) is 3.42. The molecule has 0 aromatic carbocycles. The average Bonchev–Trinajstić information content (AvgIpc) is 2.95. The number of aromatic amines is 1. The number of halogens is 3. The summed E-state index contributed by atoms with van der Waals surface area (Å²) in [5.41, 5.74) is 0. The van der Waals surface area contributed by atoms with Gasteiger partial charge in [0.15, 0.2) is 0 Å². The van der Waals surface area contributed by atoms with Crippen molar-refractivity contribution in [3.05, 3.63) is 5.82 Å². The van der Waals surface area contributed by atoms with E-state index in [0.717, 1.165) is 12.8 Å². The maximum absolute atomic E-state index is 12.4. The van der Waals surface area contributed by atoms with Crippen molar-refractivity contribution in [1.29, 1.82) is 0 Å². The van der Waals surface area contributed by atoms with Gasteiger partial charge in [-0.3, -0.25) is 20.0 Å². The molecule has 2 N–H and O–H groups in total. The molecular weight excluding hydrogens is 303 g/mol. The molecule has 1 atom stereocenters. The van der Waals surface area contributed by atoms with Crippen molar-refractivity contribution >= 4 is 17.8 Å². The van der Waals surface area contributed by atoms with Crippen LogP contribution < -0.4 is 5.32 Å². The van der Waals surface area contributed by atoms with Crippen molar-refractivity contribution in [2.75, 3.05) is 11.9 Å². The van der Waals surface area contributed by atoms with Crippen molar-refractivity contribution in [3.8, 4) is 0 Å². The Morgan fingerprint density at radius 3 is 2.73 bits per heavy atom. The number of anilines is 1. The molecule has 10 heteroatoms. The van der Waals surface area contributed by atoms with Gasteiger partial charge in [-0.05, 0) is 19.3 Å². The first-order valence-electron chi connectivity index (χ1n) is 6.93. The van der Waals surface area contributed by atoms with Crippen LogP contribution in [0.1, 0.15) is 38.4 Å². The van der Waals surface area contributed by atoms with Crippen molar-refractivity contribution < 1.29 is 22.8 Å². The SMILES string of the molecule is CCC(=O)N1CCCC[C@@H]1C(=O)Nc1n[nH]c(C(F)(F)F)n1. The van der Waals surface area contributed by atoms with E-state index >= 15 is 0 Å². The van der Waals surface area contributed by atoms with Gasteiger partial charge < -0.3 is 4.90 Å². The first-order valence-corrected chi connectivity index (χ1v) is 6.93. The Bertz CT molecular complexity index is 557. The minimum atomic E-state index is -4.66. The molecule has 1 aromatic heterocycles. The van der Waals surface area contributed by atoms with Gasteiger partial charge in [-0.25, -0.2) is 0 Å². The largest absolute Gasteiger partial charge is 0.451 e. The molecule has 0 saturated carbocycles. The lowest BCUT2D eigenvalue weighted by atomic mass is 10.0. The number of carbonyl (C=O) groups excluding carboxylic acids is 2. The van der Waals surface area contributed by atoms with Crippen molar-refractivity contribution in [1.82, 2.24) is 20.1 Å². The van der Waals surface area contributed by atoms with Gasteiger partial charge in [-0.15, -0.1) is 5.10 Å². The summed E-state index contributed by atoms with van der Waals surface area (Å²) in [7, 11) is 0. The van der Waals surface area contributed by atoms with Gasteiger partial charge in [0.05, 0.1) is 0 Å². The van der Waals surface area contributed by atoms with Crippen LogP contribution in [0.4, 0.5) is 19.1 Å². The van der Waals surface area contributed by atoms with Gasteiger partial charge in [0.25, 0.3) is 0 Å². The molecule has 0 aliphatic carbocycles. The quantitative estimate of drug-likeness (QED) is 0.884. The van der Waals surface area contributed by atoms with Gasteiger partial charge >= 0.3 is 6.18 Å². The molecule has 2 heterocycles. The second-order valence-electron chi connectivity index (χ2n) is 4.95. The standard InChI is InChI=1S/C12H16F3N5O2/c1-2-8(21)20-6-4-3-5-7(20)9(22)16-11-17-10(18-19-11)12(13,14)15/h7H,2-6H2,1H3,(H2,16,17,18,19,22)/t7-/m1/s1. The fraction of sp³-hybridized carbons (Fsp3) is 0.667. The number of aromatic nitrogens is 3. The van der Waals surface area contributed by atoms with E-state index < -0.39 is 29.9 Å². The maximum atomic E-state index is 12.4. The predicted octanol–water partition coefficient (Wildman–Crippen LogP) is 1.55. The molecule has 1 aliphatic heterocycles. The monoisotopic (exact) mass is 319 g/mol. The summed E-state index contributed by atoms with van der Waals surface area (Å²) in [5, 5.41) is 7.26. The average molecular weight is 319 g/mol. The minimum Gasteiger partial charge on any atom is -0.331 e. The third-order valence-corrected chi connectivity index (χ3v) is 3.42. The molecular formula is C12H16F3N5O2. The van der Waals surface area contributed by atoms with E-state index in [1.807, 2.05) is 0 Å². The Labute approximate surface area is 124 Å². The molecule has 1 aliphatic rings. The number of H-pyrrole nitrogens is 1. The zero-order chi connectivity index (χ0) is 16.3. The first-order chi connectivity index (χ1) is 10.3. The number of likely N-dealkylation sites (tertiary alicyclic amines) is 1. The van der Waals surface area contributed by atoms with Crippen LogP contribution in [0.2, 0.25) is 0 Å². The van der Waals surface area contributed by atoms with E-state index in [9.17, 15) is 22.8 Å². The number of hydrogen-bond acceptors (Lipinski definition) is 4. The molecule has 22 heavy (non-hydrogen) atoms. The zero-order valence-corrected chi connectivity index (χ0v) is 11.9. The molecule has 2 amide bonds. The summed E-state index contributed by atoms with van der Waals surface area (Å²) in [6.45, 7) is 2.16. The molecule has 0 bridgehead atoms. The number of hydrogen-bond donors (Lipinski definition) is 2. The number of carbonyl (C=O) groups is 2. The lowest BCUT2D eigenvalue weighted by Crippen LogP contribution is -2.49. The summed E-state index contributed by atoms with van der Waals surface area (Å²) in [6.07, 6.45) is -2.36. The lowest BCUT2D eigenvalue weighted by Gasteiger charge is -2.34. The summed E-state index contributed by atoms with van der Waals surface area (Å²) in [5.74, 6) is -2.47. The van der Waals surface area contributed by atoms with E-state index in [1.165, 1.54) is 4.90 Å². The van der Waals surface area contributed by atoms with Gasteiger partial charge in [0, 0.05) is 13.0 Å². The molecule has 1 fully saturated rings. The number of amides is 2. The molecule has 0 radical (unpaired) electrons. The van der Waals surface area contributed by atoms with Crippen molar-refractivity contribution in [2.24, 2.45) is 0 Å². The van der Waals surface area contributed by atoms with Crippen LogP contribution in [-0.2, 0) is 15.8 Å². The van der Waals surface area contributed by atoms with Gasteiger partial charge in [0.1, 0.15) is 6.04 Å². The number of nitrogens with one attached hydrogen (secondary N) is 2. The topological polar surface area (TPSA) is 91.0 Å². The number of alkyl halides is 3. The highest BCUT2D eigenvalue weighted by Crippen LogP contribution is 2.26. The molecule has 0 unspecified atom stereocenters. The van der Waals surface area contributed by atoms with Gasteiger partial charge in [-0.2, -0.15) is 18.2 Å². The van der Waals surface area contributed by atoms with E-state index in [-0.39, 0.29) is 12.3 Å². The van der Waals surface area contributed by atoms with Crippen LogP contribution in [0, 0.1) is 0 Å². The number of rotatable bonds is 3. The Balaban J connectivity index is 2.07. The van der Waals surface area contributed by atoms with Crippen LogP contribution in [0.5, 0.6) is 0 Å². The summed E-state index contributed by atoms with van der Waals surface area (Å²) < 4.78 is 37.2. The lowest BCUT2D eigenvalue weighted by molar-refractivity contribution is -0.144. The second-order valence-corrected chi connectivity index (χ2v) is 4.95. The van der Waals surface area contributed by atoms with E-state index in [0.29, 0.717) is 13.0 Å². The third kappa shape index (κ3) is 3.55. The van der Waals surface area contributed by atoms with E-state index in [4.69, 9.17) is 0 Å². The second kappa shape index (κ2) is 6.32. The van der Waals surface area contributed by atoms with Crippen LogP contribution in [0.15, 0.2) is 0 Å². The molecule has 0 spiro atoms. The first kappa shape index (κ1) is 16.2. The Morgan fingerprint density at radius 1 is 1.41 bits per heavy atom. The Morgan fingerprint density at radius 2 is 2.14 bits per heavy atom. The Kier molecular flexibility index (Phi) is 4.67. The summed E-state index contributed by atoms with van der Waals surface area (Å²) in [4.78, 5) is 28.6. The number of piperidine rings is 1. The fourth-order valence-electron chi connectivity index (χ4n) is 2.34. The number of nitrogens with zero attached hydrogens (tertiary/aromatic N) is 3. The normalized spacial score (nSPS) is 19.1. The van der Waals surface area contributed by atoms with E-state index in [2.05, 4.69) is 15.4 Å². The highest BCUT2D eigenvalue weighted by atomic mass is 19.4. The molecule has 1 saturated heterocycles. The highest BCUT2D eigenvalue weighted by molar-refractivity contribution is 5.96. The summed E-state index contributed by atoms with van der Waals surface area (Å²) >= 11 is 0. The minimum absolute atomic E-state index is 0.161. The van der Waals surface area contributed by atoms with Crippen LogP contribution in [0.25, 0.3) is 0 Å². The maximum Gasteiger partial charge on any atom is 0.451 e. The summed E-state index contributed by atoms with van der Waals surface area (Å²) in [6, 6.07) is -0.700. The zero-order valence-electron chi connectivity index (χ0n) is 11.9. The van der Waals surface area contributed by atoms with Crippen LogP contribution in [0.3, 0.4) is 0 Å². The van der Waals surface area contributed by atoms with Crippen LogP contribution in [-0.4, -0.2) is 44.5 Å². The fourth-order valence-corrected chi connectivity index (χ4v) is 2.34. The highest BCUT2D eigenvalue weighted by Gasteiger charge is 2.36. The molecule has 1 aromatic rings. The predicted molar refractivity (Wildman–Crippen MR) is 69.7 cm³/mol. The molecule has 2 rings (SSSR count). The van der Waals surface area contributed by atoms with Crippen molar-refractivity contribution in [3.63, 3.8) is 0 Å². The van der Waals surface area contributed by atoms with E-state index in [1.54, 1.807) is 12.0 Å². The Hall–Kier alpha value is -2.13. The van der Waals surface area contributed by atoms with Gasteiger partial charge in [0.2, 0.25) is 23.6 Å². The smallest absolute Gasteiger partial charge is 0.331 e.